The van der Waals surface area contributed by atoms with Crippen LogP contribution in [0.15, 0.2) is 113 Å². The molecule has 2 heterocycles. The summed E-state index contributed by atoms with van der Waals surface area (Å²) in [6.45, 7) is 2.11. The Morgan fingerprint density at radius 3 is 2.25 bits per heavy atom. The van der Waals surface area contributed by atoms with Gasteiger partial charge in [0.15, 0.2) is 11.5 Å². The van der Waals surface area contributed by atoms with Gasteiger partial charge in [-0.25, -0.2) is 4.90 Å². The lowest BCUT2D eigenvalue weighted by Gasteiger charge is -2.15. The van der Waals surface area contributed by atoms with Gasteiger partial charge in [-0.1, -0.05) is 47.7 Å². The molecular formula is C31H23N3O5S. The largest absolute Gasteiger partial charge is 0.454 e. The highest BCUT2D eigenvalue weighted by molar-refractivity contribution is 8.04. The van der Waals surface area contributed by atoms with E-state index < -0.39 is 11.8 Å². The minimum atomic E-state index is -0.424. The van der Waals surface area contributed by atoms with Gasteiger partial charge in [0.05, 0.1) is 5.69 Å². The summed E-state index contributed by atoms with van der Waals surface area (Å²) in [4.78, 5) is 42.0. The number of para-hydroxylation sites is 1. The summed E-state index contributed by atoms with van der Waals surface area (Å²) in [6, 6.07) is 28.5. The maximum absolute atomic E-state index is 13.5. The third kappa shape index (κ3) is 5.02. The number of benzene rings is 4. The summed E-state index contributed by atoms with van der Waals surface area (Å²) in [6.07, 6.45) is 0. The Labute approximate surface area is 234 Å². The normalized spacial score (nSPS) is 14.1. The standard InChI is InChI=1S/C31H23N3O5S/c1-19-7-10-21(11-8-19)32-27-28(31(37)34(30(27)36)23-5-3-2-4-6-23)40-24-14-12-22(13-15-24)33-29(35)20-9-16-25-26(17-20)39-18-38-25/h2-17,32H,18H2,1H3,(H,33,35). The number of anilines is 3. The Balaban J connectivity index is 1.23. The van der Waals surface area contributed by atoms with Crippen molar-refractivity contribution in [2.75, 3.05) is 22.3 Å². The van der Waals surface area contributed by atoms with E-state index in [1.165, 1.54) is 16.7 Å². The number of ether oxygens (including phenoxy) is 2. The molecule has 40 heavy (non-hydrogen) atoms. The van der Waals surface area contributed by atoms with Crippen molar-refractivity contribution >= 4 is 46.5 Å². The van der Waals surface area contributed by atoms with Crippen LogP contribution in [0.3, 0.4) is 0 Å². The first kappa shape index (κ1) is 25.3. The number of amides is 3. The Morgan fingerprint density at radius 1 is 0.800 bits per heavy atom. The van der Waals surface area contributed by atoms with Gasteiger partial charge in [-0.2, -0.15) is 0 Å². The molecule has 0 spiro atoms. The van der Waals surface area contributed by atoms with Gasteiger partial charge >= 0.3 is 0 Å². The van der Waals surface area contributed by atoms with Crippen LogP contribution in [0.2, 0.25) is 0 Å². The number of nitrogens with zero attached hydrogens (tertiary/aromatic N) is 1. The molecule has 8 nitrogen and oxygen atoms in total. The van der Waals surface area contributed by atoms with Gasteiger partial charge in [-0.05, 0) is 73.7 Å². The van der Waals surface area contributed by atoms with Crippen molar-refractivity contribution in [3.05, 3.63) is 119 Å². The van der Waals surface area contributed by atoms with Gasteiger partial charge in [-0.3, -0.25) is 14.4 Å². The lowest BCUT2D eigenvalue weighted by molar-refractivity contribution is -0.120. The Morgan fingerprint density at radius 2 is 1.50 bits per heavy atom. The van der Waals surface area contributed by atoms with Crippen LogP contribution in [-0.4, -0.2) is 24.5 Å². The number of carbonyl (C=O) groups excluding carboxylic acids is 3. The number of thioether (sulfide) groups is 1. The SMILES string of the molecule is Cc1ccc(NC2=C(Sc3ccc(NC(=O)c4ccc5c(c4)OCO5)cc3)C(=O)N(c3ccccc3)C2=O)cc1. The van der Waals surface area contributed by atoms with E-state index >= 15 is 0 Å². The molecule has 0 bridgehead atoms. The first-order valence-electron chi connectivity index (χ1n) is 12.5. The molecule has 0 atom stereocenters. The molecule has 2 N–H and O–H groups in total. The predicted molar refractivity (Wildman–Crippen MR) is 154 cm³/mol. The van der Waals surface area contributed by atoms with E-state index in [-0.39, 0.29) is 23.3 Å². The van der Waals surface area contributed by atoms with Crippen molar-refractivity contribution in [1.82, 2.24) is 0 Å². The molecule has 0 aliphatic carbocycles. The van der Waals surface area contributed by atoms with Crippen LogP contribution in [0.25, 0.3) is 0 Å². The molecule has 0 saturated carbocycles. The van der Waals surface area contributed by atoms with E-state index in [1.807, 2.05) is 37.3 Å². The average Bonchev–Trinajstić information content (AvgIpc) is 3.53. The zero-order valence-corrected chi connectivity index (χ0v) is 22.2. The van der Waals surface area contributed by atoms with Crippen LogP contribution in [0.1, 0.15) is 15.9 Å². The topological polar surface area (TPSA) is 97.0 Å². The number of fused-ring (bicyclic) bond motifs is 1. The summed E-state index contributed by atoms with van der Waals surface area (Å²) in [5.74, 6) is 0.0150. The highest BCUT2D eigenvalue weighted by Crippen LogP contribution is 2.38. The second kappa shape index (κ2) is 10.6. The Hall–Kier alpha value is -5.02. The van der Waals surface area contributed by atoms with Crippen LogP contribution >= 0.6 is 11.8 Å². The minimum absolute atomic E-state index is 0.134. The van der Waals surface area contributed by atoms with Crippen molar-refractivity contribution in [3.63, 3.8) is 0 Å². The first-order valence-corrected chi connectivity index (χ1v) is 13.3. The van der Waals surface area contributed by atoms with Crippen molar-refractivity contribution in [2.24, 2.45) is 0 Å². The molecule has 0 unspecified atom stereocenters. The molecule has 0 aromatic heterocycles. The molecule has 0 saturated heterocycles. The van der Waals surface area contributed by atoms with Crippen molar-refractivity contribution in [2.45, 2.75) is 11.8 Å². The summed E-state index contributed by atoms with van der Waals surface area (Å²) in [5, 5.41) is 6.02. The van der Waals surface area contributed by atoms with Crippen molar-refractivity contribution in [3.8, 4) is 11.5 Å². The van der Waals surface area contributed by atoms with Gasteiger partial charge < -0.3 is 20.1 Å². The number of imide groups is 1. The number of aryl methyl sites for hydroxylation is 1. The molecule has 2 aliphatic rings. The number of hydrogen-bond acceptors (Lipinski definition) is 7. The molecule has 4 aromatic rings. The summed E-state index contributed by atoms with van der Waals surface area (Å²) >= 11 is 1.19. The zero-order chi connectivity index (χ0) is 27.6. The van der Waals surface area contributed by atoms with Gasteiger partial charge in [0.1, 0.15) is 10.6 Å². The summed E-state index contributed by atoms with van der Waals surface area (Å²) in [5.41, 5.74) is 3.52. The molecule has 3 amide bonds. The van der Waals surface area contributed by atoms with Gasteiger partial charge in [0.25, 0.3) is 17.7 Å². The summed E-state index contributed by atoms with van der Waals surface area (Å²) < 4.78 is 10.7. The second-order valence-electron chi connectivity index (χ2n) is 9.13. The highest BCUT2D eigenvalue weighted by Gasteiger charge is 2.40. The Kier molecular flexibility index (Phi) is 6.71. The van der Waals surface area contributed by atoms with E-state index in [9.17, 15) is 14.4 Å². The van der Waals surface area contributed by atoms with Gasteiger partial charge in [0, 0.05) is 21.8 Å². The van der Waals surface area contributed by atoms with E-state index in [1.54, 1.807) is 66.7 Å². The average molecular weight is 550 g/mol. The summed E-state index contributed by atoms with van der Waals surface area (Å²) in [7, 11) is 0. The van der Waals surface area contributed by atoms with Crippen molar-refractivity contribution < 1.29 is 23.9 Å². The van der Waals surface area contributed by atoms with E-state index in [4.69, 9.17) is 9.47 Å². The van der Waals surface area contributed by atoms with E-state index in [0.29, 0.717) is 34.1 Å². The fourth-order valence-electron chi connectivity index (χ4n) is 4.27. The number of rotatable bonds is 7. The number of hydrogen-bond donors (Lipinski definition) is 2. The molecule has 6 rings (SSSR count). The van der Waals surface area contributed by atoms with Gasteiger partial charge in [0.2, 0.25) is 6.79 Å². The lowest BCUT2D eigenvalue weighted by Crippen LogP contribution is -2.32. The number of nitrogens with one attached hydrogen (secondary N) is 2. The molecule has 198 valence electrons. The number of carbonyl (C=O) groups is 3. The van der Waals surface area contributed by atoms with Crippen LogP contribution < -0.4 is 25.0 Å². The van der Waals surface area contributed by atoms with E-state index in [2.05, 4.69) is 10.6 Å². The maximum Gasteiger partial charge on any atom is 0.283 e. The van der Waals surface area contributed by atoms with Crippen LogP contribution in [0.4, 0.5) is 17.1 Å². The fourth-order valence-corrected chi connectivity index (χ4v) is 5.20. The second-order valence-corrected chi connectivity index (χ2v) is 10.2. The fraction of sp³-hybridized carbons (Fsp3) is 0.0645. The van der Waals surface area contributed by atoms with Gasteiger partial charge in [-0.15, -0.1) is 0 Å². The smallest absolute Gasteiger partial charge is 0.283 e. The van der Waals surface area contributed by atoms with Crippen LogP contribution in [-0.2, 0) is 9.59 Å². The molecule has 0 fully saturated rings. The lowest BCUT2D eigenvalue weighted by atomic mass is 10.2. The zero-order valence-electron chi connectivity index (χ0n) is 21.3. The molecular weight excluding hydrogens is 526 g/mol. The minimum Gasteiger partial charge on any atom is -0.454 e. The maximum atomic E-state index is 13.5. The monoisotopic (exact) mass is 549 g/mol. The first-order chi connectivity index (χ1) is 19.5. The Bertz CT molecular complexity index is 1650. The third-order valence-electron chi connectivity index (χ3n) is 6.34. The molecule has 2 aliphatic heterocycles. The predicted octanol–water partition coefficient (Wildman–Crippen LogP) is 5.97. The van der Waals surface area contributed by atoms with Crippen LogP contribution in [0, 0.1) is 6.92 Å². The quantitative estimate of drug-likeness (QED) is 0.274. The molecule has 4 aromatic carbocycles. The molecule has 0 radical (unpaired) electrons. The third-order valence-corrected chi connectivity index (χ3v) is 7.43. The van der Waals surface area contributed by atoms with E-state index in [0.717, 1.165) is 10.5 Å². The van der Waals surface area contributed by atoms with Crippen LogP contribution in [0.5, 0.6) is 11.5 Å². The highest BCUT2D eigenvalue weighted by atomic mass is 32.2. The van der Waals surface area contributed by atoms with Crippen molar-refractivity contribution in [1.29, 1.82) is 0 Å². The molecule has 9 heteroatoms.